The molecule has 1 amide bonds. The molecule has 3 aromatic heterocycles. The molecule has 1 aromatic carbocycles. The minimum absolute atomic E-state index is 0.0940. The number of aryl methyl sites for hydroxylation is 2. The van der Waals surface area contributed by atoms with Crippen LogP contribution in [0.25, 0.3) is 33.3 Å². The van der Waals surface area contributed by atoms with Crippen molar-refractivity contribution in [3.63, 3.8) is 0 Å². The minimum Gasteiger partial charge on any atom is -0.444 e. The molecule has 1 atom stereocenters. The lowest BCUT2D eigenvalue weighted by atomic mass is 9.74. The third kappa shape index (κ3) is 4.63. The number of fused-ring (bicyclic) bond motifs is 2. The minimum atomic E-state index is -0.551. The summed E-state index contributed by atoms with van der Waals surface area (Å²) in [6.45, 7) is 10.1. The van der Waals surface area contributed by atoms with Gasteiger partial charge in [-0.05, 0) is 52.7 Å². The lowest BCUT2D eigenvalue weighted by Gasteiger charge is -2.42. The highest BCUT2D eigenvalue weighted by Gasteiger charge is 2.47. The van der Waals surface area contributed by atoms with Crippen LogP contribution in [-0.4, -0.2) is 74.0 Å². The number of hydrogen-bond donors (Lipinski definition) is 2. The van der Waals surface area contributed by atoms with Crippen LogP contribution in [0, 0.1) is 12.3 Å². The van der Waals surface area contributed by atoms with Gasteiger partial charge in [-0.2, -0.15) is 10.2 Å². The number of benzene rings is 1. The molecule has 0 unspecified atom stereocenters. The van der Waals surface area contributed by atoms with Crippen LogP contribution in [0.15, 0.2) is 12.1 Å². The molecule has 6 rings (SSSR count). The van der Waals surface area contributed by atoms with E-state index >= 15 is 0 Å². The van der Waals surface area contributed by atoms with E-state index in [1.165, 1.54) is 0 Å². The summed E-state index contributed by atoms with van der Waals surface area (Å²) in [7, 11) is 1.78. The normalized spacial score (nSPS) is 19.2. The van der Waals surface area contributed by atoms with Gasteiger partial charge in [0.2, 0.25) is 5.65 Å². The van der Waals surface area contributed by atoms with Crippen LogP contribution in [0.3, 0.4) is 0 Å². The van der Waals surface area contributed by atoms with Crippen molar-refractivity contribution in [1.82, 2.24) is 35.3 Å². The first-order valence-electron chi connectivity index (χ1n) is 13.3. The molecule has 4 aromatic rings. The summed E-state index contributed by atoms with van der Waals surface area (Å²) in [5.41, 5.74) is 3.40. The number of rotatable bonds is 3. The van der Waals surface area contributed by atoms with Gasteiger partial charge in [-0.15, -0.1) is 0 Å². The van der Waals surface area contributed by atoms with E-state index in [0.29, 0.717) is 51.2 Å². The van der Waals surface area contributed by atoms with Crippen LogP contribution >= 0.6 is 23.2 Å². The number of aromatic amines is 1. The van der Waals surface area contributed by atoms with Gasteiger partial charge < -0.3 is 19.7 Å². The van der Waals surface area contributed by atoms with Crippen molar-refractivity contribution in [2.75, 3.05) is 31.2 Å². The fourth-order valence-electron chi connectivity index (χ4n) is 5.76. The van der Waals surface area contributed by atoms with Crippen molar-refractivity contribution in [2.24, 2.45) is 12.5 Å². The van der Waals surface area contributed by atoms with Gasteiger partial charge in [0.25, 0.3) is 0 Å². The molecule has 212 valence electrons. The number of nitrogens with one attached hydrogen (secondary N) is 2. The van der Waals surface area contributed by atoms with Crippen LogP contribution in [-0.2, 0) is 16.5 Å². The van der Waals surface area contributed by atoms with Crippen molar-refractivity contribution in [2.45, 2.75) is 52.2 Å². The van der Waals surface area contributed by atoms with Crippen molar-refractivity contribution < 1.29 is 14.3 Å². The van der Waals surface area contributed by atoms with Gasteiger partial charge in [0.05, 0.1) is 46.6 Å². The van der Waals surface area contributed by atoms with Crippen LogP contribution in [0.2, 0.25) is 10.2 Å². The molecule has 1 spiro atoms. The Morgan fingerprint density at radius 3 is 2.70 bits per heavy atom. The molecule has 2 aliphatic rings. The van der Waals surface area contributed by atoms with E-state index in [2.05, 4.69) is 25.5 Å². The second kappa shape index (κ2) is 9.74. The summed E-state index contributed by atoms with van der Waals surface area (Å²) in [6, 6.07) is 3.68. The Morgan fingerprint density at radius 1 is 1.23 bits per heavy atom. The second-order valence-corrected chi connectivity index (χ2v) is 12.4. The predicted octanol–water partition coefficient (Wildman–Crippen LogP) is 5.03. The molecule has 40 heavy (non-hydrogen) atoms. The molecular formula is C27H32Cl2N8O3. The molecule has 0 radical (unpaired) electrons. The third-order valence-electron chi connectivity index (χ3n) is 7.84. The SMILES string of the molecule is Cc1nc2c(-c3ccc4nn(C)c(Cl)c4c3Cl)[nH]nc2nc1N1CCC2(CC1)COC[C@H]2NC(=O)OC(C)(C)C. The smallest absolute Gasteiger partial charge is 0.407 e. The van der Waals surface area contributed by atoms with Gasteiger partial charge in [0.1, 0.15) is 16.3 Å². The number of aromatic nitrogens is 6. The topological polar surface area (TPSA) is 123 Å². The molecule has 2 saturated heterocycles. The average molecular weight is 588 g/mol. The summed E-state index contributed by atoms with van der Waals surface area (Å²) in [5.74, 6) is 0.799. The number of ether oxygens (including phenoxy) is 2. The lowest BCUT2D eigenvalue weighted by molar-refractivity contribution is 0.0456. The van der Waals surface area contributed by atoms with Gasteiger partial charge in [-0.3, -0.25) is 9.78 Å². The number of hydrogen-bond acceptors (Lipinski definition) is 8. The maximum atomic E-state index is 12.5. The van der Waals surface area contributed by atoms with Gasteiger partial charge in [-0.25, -0.2) is 14.8 Å². The van der Waals surface area contributed by atoms with Crippen LogP contribution in [0.1, 0.15) is 39.3 Å². The Kier molecular flexibility index (Phi) is 6.59. The van der Waals surface area contributed by atoms with Crippen molar-refractivity contribution >= 4 is 57.2 Å². The molecule has 0 aliphatic carbocycles. The van der Waals surface area contributed by atoms with Crippen LogP contribution in [0.4, 0.5) is 10.6 Å². The quantitative estimate of drug-likeness (QED) is 0.342. The highest BCUT2D eigenvalue weighted by molar-refractivity contribution is 6.43. The summed E-state index contributed by atoms with van der Waals surface area (Å²) in [4.78, 5) is 24.5. The summed E-state index contributed by atoms with van der Waals surface area (Å²) in [5, 5.41) is 16.6. The number of amides is 1. The lowest BCUT2D eigenvalue weighted by Crippen LogP contribution is -2.53. The van der Waals surface area contributed by atoms with Crippen molar-refractivity contribution in [1.29, 1.82) is 0 Å². The van der Waals surface area contributed by atoms with Gasteiger partial charge in [0.15, 0.2) is 5.82 Å². The van der Waals surface area contributed by atoms with Crippen LogP contribution < -0.4 is 10.2 Å². The first-order valence-corrected chi connectivity index (χ1v) is 14.1. The summed E-state index contributed by atoms with van der Waals surface area (Å²) in [6.07, 6.45) is 1.29. The monoisotopic (exact) mass is 586 g/mol. The average Bonchev–Trinajstić information content (AvgIpc) is 3.55. The Bertz CT molecular complexity index is 1620. The Labute approximate surface area is 241 Å². The highest BCUT2D eigenvalue weighted by atomic mass is 35.5. The number of nitrogens with zero attached hydrogens (tertiary/aromatic N) is 6. The standard InChI is InChI=1S/C27H32Cl2N8O3/c1-14-24(37-10-8-27(9-11-37)13-39-12-17(27)31-25(38)40-26(2,3)4)32-23-21(30-14)20(33-34-23)15-6-7-16-18(19(15)28)22(29)36(5)35-16/h6-7,17H,8-13H2,1-5H3,(H,31,38)(H,32,33,34)/t17-/m1/s1. The Balaban J connectivity index is 1.23. The molecule has 2 fully saturated rings. The highest BCUT2D eigenvalue weighted by Crippen LogP contribution is 2.42. The summed E-state index contributed by atoms with van der Waals surface area (Å²) >= 11 is 13.2. The number of anilines is 1. The zero-order valence-corrected chi connectivity index (χ0v) is 24.7. The fraction of sp³-hybridized carbons (Fsp3) is 0.519. The van der Waals surface area contributed by atoms with Gasteiger partial charge in [-0.1, -0.05) is 23.2 Å². The number of carbonyl (C=O) groups excluding carboxylic acids is 1. The maximum Gasteiger partial charge on any atom is 0.407 e. The Morgan fingerprint density at radius 2 is 1.98 bits per heavy atom. The zero-order chi connectivity index (χ0) is 28.4. The first-order chi connectivity index (χ1) is 19.0. The fourth-order valence-corrected chi connectivity index (χ4v) is 6.38. The molecule has 0 saturated carbocycles. The molecule has 2 aliphatic heterocycles. The largest absolute Gasteiger partial charge is 0.444 e. The first kappa shape index (κ1) is 27.0. The van der Waals surface area contributed by atoms with E-state index in [4.69, 9.17) is 42.6 Å². The predicted molar refractivity (Wildman–Crippen MR) is 154 cm³/mol. The molecule has 2 N–H and O–H groups in total. The number of carbonyl (C=O) groups is 1. The molecule has 0 bridgehead atoms. The van der Waals surface area contributed by atoms with E-state index in [0.717, 1.165) is 43.0 Å². The van der Waals surface area contributed by atoms with Crippen LogP contribution in [0.5, 0.6) is 0 Å². The van der Waals surface area contributed by atoms with E-state index in [9.17, 15) is 4.79 Å². The van der Waals surface area contributed by atoms with Gasteiger partial charge in [0, 0.05) is 31.1 Å². The molecular weight excluding hydrogens is 555 g/mol. The number of piperidine rings is 1. The Hall–Kier alpha value is -3.15. The van der Waals surface area contributed by atoms with Crippen molar-refractivity contribution in [3.8, 4) is 11.3 Å². The molecule has 13 heteroatoms. The number of alkyl carbamates (subject to hydrolysis) is 1. The summed E-state index contributed by atoms with van der Waals surface area (Å²) < 4.78 is 12.9. The molecule has 5 heterocycles. The zero-order valence-electron chi connectivity index (χ0n) is 23.1. The van der Waals surface area contributed by atoms with E-state index < -0.39 is 11.7 Å². The van der Waals surface area contributed by atoms with E-state index in [1.54, 1.807) is 11.7 Å². The van der Waals surface area contributed by atoms with Gasteiger partial charge >= 0.3 is 6.09 Å². The van der Waals surface area contributed by atoms with E-state index in [1.807, 2.05) is 39.8 Å². The second-order valence-electron chi connectivity index (χ2n) is 11.7. The number of halogens is 2. The number of H-pyrrole nitrogens is 1. The maximum absolute atomic E-state index is 12.5. The molecule has 11 nitrogen and oxygen atoms in total. The third-order valence-corrected chi connectivity index (χ3v) is 8.66. The van der Waals surface area contributed by atoms with E-state index in [-0.39, 0.29) is 11.5 Å². The van der Waals surface area contributed by atoms with Crippen molar-refractivity contribution in [3.05, 3.63) is 28.0 Å².